The largest absolute Gasteiger partial charge is 0.497 e. The second-order valence-corrected chi connectivity index (χ2v) is 5.53. The van der Waals surface area contributed by atoms with Gasteiger partial charge in [0.15, 0.2) is 0 Å². The maximum atomic E-state index is 11.9. The highest BCUT2D eigenvalue weighted by atomic mass is 79.9. The van der Waals surface area contributed by atoms with Crippen molar-refractivity contribution in [3.05, 3.63) is 28.2 Å². The highest BCUT2D eigenvalue weighted by molar-refractivity contribution is 9.10. The highest BCUT2D eigenvalue weighted by Gasteiger charge is 2.27. The minimum Gasteiger partial charge on any atom is -0.497 e. The van der Waals surface area contributed by atoms with Crippen LogP contribution in [0.25, 0.3) is 0 Å². The first kappa shape index (κ1) is 15.0. The smallest absolute Gasteiger partial charge is 0.253 e. The first-order valence-corrected chi connectivity index (χ1v) is 6.35. The Morgan fingerprint density at radius 1 is 1.50 bits per heavy atom. The second kappa shape index (κ2) is 5.71. The fourth-order valence-electron chi connectivity index (χ4n) is 1.59. The summed E-state index contributed by atoms with van der Waals surface area (Å²) in [6.07, 6.45) is 0. The quantitative estimate of drug-likeness (QED) is 0.926. The highest BCUT2D eigenvalue weighted by Crippen LogP contribution is 2.24. The topological polar surface area (TPSA) is 49.8 Å². The molecule has 1 rings (SSSR count). The molecule has 1 amide bonds. The molecule has 0 aromatic heterocycles. The van der Waals surface area contributed by atoms with Gasteiger partial charge < -0.3 is 14.7 Å². The molecule has 1 aromatic carbocycles. The fourth-order valence-corrected chi connectivity index (χ4v) is 1.97. The Morgan fingerprint density at radius 3 is 2.61 bits per heavy atom. The van der Waals surface area contributed by atoms with E-state index in [2.05, 4.69) is 15.9 Å². The zero-order chi connectivity index (χ0) is 13.9. The van der Waals surface area contributed by atoms with E-state index in [-0.39, 0.29) is 5.91 Å². The number of hydrogen-bond donors (Lipinski definition) is 1. The normalized spacial score (nSPS) is 11.2. The molecule has 4 nitrogen and oxygen atoms in total. The zero-order valence-electron chi connectivity index (χ0n) is 11.0. The molecule has 0 unspecified atom stereocenters. The van der Waals surface area contributed by atoms with Gasteiger partial charge in [0.2, 0.25) is 0 Å². The summed E-state index contributed by atoms with van der Waals surface area (Å²) in [6.45, 7) is 3.36. The number of halogens is 1. The van der Waals surface area contributed by atoms with Crippen LogP contribution in [0.4, 0.5) is 0 Å². The molecule has 18 heavy (non-hydrogen) atoms. The van der Waals surface area contributed by atoms with E-state index in [4.69, 9.17) is 4.74 Å². The van der Waals surface area contributed by atoms with Gasteiger partial charge in [-0.15, -0.1) is 0 Å². The fraction of sp³-hybridized carbons (Fsp3) is 0.462. The number of rotatable bonds is 4. The van der Waals surface area contributed by atoms with Crippen LogP contribution in [0, 0.1) is 0 Å². The van der Waals surface area contributed by atoms with E-state index in [1.54, 1.807) is 14.2 Å². The lowest BCUT2D eigenvalue weighted by Crippen LogP contribution is -2.42. The SMILES string of the molecule is COc1ccc(Br)c(CN(C)C(=O)C(C)(C)O)c1. The third kappa shape index (κ3) is 3.71. The molecule has 0 spiro atoms. The molecule has 0 aliphatic heterocycles. The van der Waals surface area contributed by atoms with E-state index >= 15 is 0 Å². The van der Waals surface area contributed by atoms with Crippen molar-refractivity contribution in [2.75, 3.05) is 14.2 Å². The summed E-state index contributed by atoms with van der Waals surface area (Å²) in [6, 6.07) is 5.57. The van der Waals surface area contributed by atoms with Crippen LogP contribution in [-0.2, 0) is 11.3 Å². The standard InChI is InChI=1S/C13H18BrNO3/c1-13(2,17)12(16)15(3)8-9-7-10(18-4)5-6-11(9)14/h5-7,17H,8H2,1-4H3. The van der Waals surface area contributed by atoms with Gasteiger partial charge in [0, 0.05) is 18.1 Å². The van der Waals surface area contributed by atoms with Crippen LogP contribution < -0.4 is 4.74 Å². The lowest BCUT2D eigenvalue weighted by molar-refractivity contribution is -0.147. The molecule has 0 heterocycles. The lowest BCUT2D eigenvalue weighted by atomic mass is 10.1. The van der Waals surface area contributed by atoms with Crippen LogP contribution in [0.2, 0.25) is 0 Å². The molecule has 0 fully saturated rings. The van der Waals surface area contributed by atoms with Crippen LogP contribution >= 0.6 is 15.9 Å². The number of ether oxygens (including phenoxy) is 1. The summed E-state index contributed by atoms with van der Waals surface area (Å²) in [5.74, 6) is 0.412. The van der Waals surface area contributed by atoms with Crippen LogP contribution in [-0.4, -0.2) is 35.7 Å². The van der Waals surface area contributed by atoms with Crippen LogP contribution in [0.3, 0.4) is 0 Å². The third-order valence-electron chi connectivity index (χ3n) is 2.53. The number of carbonyl (C=O) groups is 1. The lowest BCUT2D eigenvalue weighted by Gasteiger charge is -2.25. The Bertz CT molecular complexity index is 440. The molecule has 0 saturated heterocycles. The minimum absolute atomic E-state index is 0.322. The number of hydrogen-bond acceptors (Lipinski definition) is 3. The Balaban J connectivity index is 2.88. The van der Waals surface area contributed by atoms with Crippen molar-refractivity contribution in [1.29, 1.82) is 0 Å². The monoisotopic (exact) mass is 315 g/mol. The van der Waals surface area contributed by atoms with E-state index in [0.29, 0.717) is 6.54 Å². The second-order valence-electron chi connectivity index (χ2n) is 4.68. The first-order valence-electron chi connectivity index (χ1n) is 5.56. The van der Waals surface area contributed by atoms with Crippen molar-refractivity contribution >= 4 is 21.8 Å². The summed E-state index contributed by atoms with van der Waals surface area (Å²) < 4.78 is 6.05. The molecule has 1 N–H and O–H groups in total. The molecule has 0 radical (unpaired) electrons. The van der Waals surface area contributed by atoms with Crippen molar-refractivity contribution in [2.24, 2.45) is 0 Å². The average molecular weight is 316 g/mol. The van der Waals surface area contributed by atoms with Gasteiger partial charge in [0.25, 0.3) is 5.91 Å². The Labute approximate surface area is 116 Å². The molecule has 0 aliphatic rings. The van der Waals surface area contributed by atoms with E-state index in [1.807, 2.05) is 18.2 Å². The third-order valence-corrected chi connectivity index (χ3v) is 3.30. The van der Waals surface area contributed by atoms with Gasteiger partial charge in [-0.3, -0.25) is 4.79 Å². The summed E-state index contributed by atoms with van der Waals surface area (Å²) in [5, 5.41) is 9.68. The van der Waals surface area contributed by atoms with E-state index in [0.717, 1.165) is 15.8 Å². The maximum Gasteiger partial charge on any atom is 0.253 e. The molecular weight excluding hydrogens is 298 g/mol. The van der Waals surface area contributed by atoms with Crippen LogP contribution in [0.15, 0.2) is 22.7 Å². The number of likely N-dealkylation sites (N-methyl/N-ethyl adjacent to an activating group) is 1. The first-order chi connectivity index (χ1) is 8.25. The van der Waals surface area contributed by atoms with Crippen molar-refractivity contribution < 1.29 is 14.6 Å². The van der Waals surface area contributed by atoms with Gasteiger partial charge in [-0.25, -0.2) is 0 Å². The van der Waals surface area contributed by atoms with E-state index in [9.17, 15) is 9.90 Å². The summed E-state index contributed by atoms with van der Waals surface area (Å²) >= 11 is 3.43. The van der Waals surface area contributed by atoms with E-state index in [1.165, 1.54) is 18.7 Å². The Morgan fingerprint density at radius 2 is 2.11 bits per heavy atom. The molecule has 1 aromatic rings. The maximum absolute atomic E-state index is 11.9. The van der Waals surface area contributed by atoms with Gasteiger partial charge in [0.1, 0.15) is 11.4 Å². The number of amides is 1. The van der Waals surface area contributed by atoms with Crippen molar-refractivity contribution in [2.45, 2.75) is 26.0 Å². The van der Waals surface area contributed by atoms with Gasteiger partial charge in [-0.2, -0.15) is 0 Å². The van der Waals surface area contributed by atoms with Gasteiger partial charge in [0.05, 0.1) is 7.11 Å². The summed E-state index contributed by atoms with van der Waals surface area (Å²) in [5.41, 5.74) is -0.436. The van der Waals surface area contributed by atoms with Gasteiger partial charge in [-0.1, -0.05) is 15.9 Å². The average Bonchev–Trinajstić information content (AvgIpc) is 2.29. The van der Waals surface area contributed by atoms with Crippen LogP contribution in [0.1, 0.15) is 19.4 Å². The van der Waals surface area contributed by atoms with Crippen molar-refractivity contribution in [1.82, 2.24) is 4.90 Å². The molecular formula is C13H18BrNO3. The van der Waals surface area contributed by atoms with Crippen LogP contribution in [0.5, 0.6) is 5.75 Å². The predicted molar refractivity (Wildman–Crippen MR) is 73.5 cm³/mol. The Hall–Kier alpha value is -1.07. The zero-order valence-corrected chi connectivity index (χ0v) is 12.6. The molecule has 100 valence electrons. The van der Waals surface area contributed by atoms with Crippen molar-refractivity contribution in [3.63, 3.8) is 0 Å². The number of nitrogens with zero attached hydrogens (tertiary/aromatic N) is 1. The number of aliphatic hydroxyl groups is 1. The van der Waals surface area contributed by atoms with Gasteiger partial charge >= 0.3 is 0 Å². The molecule has 0 saturated carbocycles. The Kier molecular flexibility index (Phi) is 4.76. The number of methoxy groups -OCH3 is 1. The molecule has 0 aliphatic carbocycles. The molecule has 0 atom stereocenters. The number of benzene rings is 1. The molecule has 0 bridgehead atoms. The summed E-state index contributed by atoms with van der Waals surface area (Å²) in [4.78, 5) is 13.3. The minimum atomic E-state index is -1.36. The van der Waals surface area contributed by atoms with Crippen molar-refractivity contribution in [3.8, 4) is 5.75 Å². The predicted octanol–water partition coefficient (Wildman–Crippen LogP) is 2.19. The van der Waals surface area contributed by atoms with Gasteiger partial charge in [-0.05, 0) is 37.6 Å². The van der Waals surface area contributed by atoms with E-state index < -0.39 is 5.60 Å². The number of carbonyl (C=O) groups excluding carboxylic acids is 1. The molecule has 5 heteroatoms. The summed E-state index contributed by atoms with van der Waals surface area (Å²) in [7, 11) is 3.25.